The van der Waals surface area contributed by atoms with Crippen LogP contribution in [0.1, 0.15) is 149 Å². The first-order valence-electron chi connectivity index (χ1n) is 21.1. The summed E-state index contributed by atoms with van der Waals surface area (Å²) in [5, 5.41) is 9.82. The number of rotatable bonds is 37. The lowest BCUT2D eigenvalue weighted by Gasteiger charge is -2.28. The van der Waals surface area contributed by atoms with Crippen LogP contribution in [-0.2, 0) is 32.7 Å². The molecule has 318 valence electrons. The van der Waals surface area contributed by atoms with Crippen molar-refractivity contribution in [2.75, 3.05) is 47.5 Å². The van der Waals surface area contributed by atoms with Crippen LogP contribution in [0.2, 0.25) is 0 Å². The van der Waals surface area contributed by atoms with Gasteiger partial charge in [0.15, 0.2) is 6.10 Å². The van der Waals surface area contributed by atoms with Crippen LogP contribution in [0.4, 0.5) is 0 Å². The molecule has 0 aromatic rings. The Morgan fingerprint density at radius 2 is 1.18 bits per heavy atom. The molecule has 0 fully saturated rings. The van der Waals surface area contributed by atoms with E-state index in [0.29, 0.717) is 30.3 Å². The number of hydrogen-bond donors (Lipinski definition) is 1. The first kappa shape index (κ1) is 52.7. The van der Waals surface area contributed by atoms with Crippen LogP contribution in [-0.4, -0.2) is 81.2 Å². The number of ether oxygens (including phenoxy) is 2. The minimum Gasteiger partial charge on any atom is -0.756 e. The number of phosphoric ester groups is 1. The number of allylic oxidation sites excluding steroid dienone is 9. The zero-order chi connectivity index (χ0) is 40.9. The van der Waals surface area contributed by atoms with E-state index in [1.54, 1.807) is 0 Å². The summed E-state index contributed by atoms with van der Waals surface area (Å²) in [5.41, 5.74) is 0. The molecule has 0 aromatic heterocycles. The molecular weight excluding hydrogens is 717 g/mol. The number of aliphatic hydroxyl groups is 1. The second kappa shape index (κ2) is 36.0. The van der Waals surface area contributed by atoms with Gasteiger partial charge in [0, 0.05) is 12.8 Å². The van der Waals surface area contributed by atoms with Gasteiger partial charge in [0.25, 0.3) is 7.82 Å². The van der Waals surface area contributed by atoms with Crippen molar-refractivity contribution < 1.29 is 47.2 Å². The summed E-state index contributed by atoms with van der Waals surface area (Å²) in [6, 6.07) is 0. The molecule has 0 bridgehead atoms. The molecule has 0 aliphatic carbocycles. The van der Waals surface area contributed by atoms with Crippen LogP contribution in [0.5, 0.6) is 0 Å². The number of likely N-dealkylation sites (N-methyl/N-ethyl adjacent to an activating group) is 1. The van der Waals surface area contributed by atoms with Gasteiger partial charge in [-0.15, -0.1) is 0 Å². The first-order valence-corrected chi connectivity index (χ1v) is 22.5. The number of phosphoric acid groups is 1. The van der Waals surface area contributed by atoms with Crippen LogP contribution >= 0.6 is 7.82 Å². The lowest BCUT2D eigenvalue weighted by atomic mass is 10.1. The number of aliphatic hydroxyl groups excluding tert-OH is 1. The Balaban J connectivity index is 4.54. The summed E-state index contributed by atoms with van der Waals surface area (Å²) in [6.07, 6.45) is 38.7. The van der Waals surface area contributed by atoms with Crippen LogP contribution in [0.3, 0.4) is 0 Å². The zero-order valence-electron chi connectivity index (χ0n) is 35.2. The smallest absolute Gasteiger partial charge is 0.306 e. The third kappa shape index (κ3) is 39.7. The zero-order valence-corrected chi connectivity index (χ0v) is 36.1. The summed E-state index contributed by atoms with van der Waals surface area (Å²) in [4.78, 5) is 37.4. The van der Waals surface area contributed by atoms with Crippen molar-refractivity contribution in [1.82, 2.24) is 0 Å². The Kier molecular flexibility index (Phi) is 34.5. The molecule has 0 saturated heterocycles. The Morgan fingerprint density at radius 3 is 1.82 bits per heavy atom. The third-order valence-electron chi connectivity index (χ3n) is 8.58. The van der Waals surface area contributed by atoms with Gasteiger partial charge in [0.05, 0.1) is 33.9 Å². The fraction of sp³-hybridized carbons (Fsp3) is 0.727. The van der Waals surface area contributed by atoms with E-state index < -0.39 is 32.5 Å². The number of unbranched alkanes of at least 4 members (excludes halogenated alkanes) is 11. The molecule has 0 aliphatic rings. The van der Waals surface area contributed by atoms with E-state index in [-0.39, 0.29) is 32.2 Å². The van der Waals surface area contributed by atoms with Crippen LogP contribution in [0.25, 0.3) is 0 Å². The van der Waals surface area contributed by atoms with Gasteiger partial charge in [-0.1, -0.05) is 126 Å². The molecule has 1 unspecified atom stereocenters. The Morgan fingerprint density at radius 1 is 0.655 bits per heavy atom. The molecule has 0 aromatic carbocycles. The maximum Gasteiger partial charge on any atom is 0.306 e. The van der Waals surface area contributed by atoms with Crippen LogP contribution in [0.15, 0.2) is 60.8 Å². The molecule has 0 amide bonds. The van der Waals surface area contributed by atoms with Crippen molar-refractivity contribution >= 4 is 19.8 Å². The van der Waals surface area contributed by atoms with Crippen LogP contribution < -0.4 is 4.89 Å². The number of nitrogens with zero attached hydrogens (tertiary/aromatic N) is 1. The summed E-state index contributed by atoms with van der Waals surface area (Å²) >= 11 is 0. The molecule has 55 heavy (non-hydrogen) atoms. The highest BCUT2D eigenvalue weighted by Crippen LogP contribution is 2.38. The molecule has 0 aliphatic heterocycles. The highest BCUT2D eigenvalue weighted by atomic mass is 31.2. The van der Waals surface area contributed by atoms with Gasteiger partial charge in [-0.2, -0.15) is 0 Å². The Bertz CT molecular complexity index is 1140. The molecular formula is C44H78NO9P. The Labute approximate surface area is 335 Å². The van der Waals surface area contributed by atoms with Crippen molar-refractivity contribution in [3.05, 3.63) is 60.8 Å². The maximum absolute atomic E-state index is 12.6. The second-order valence-electron chi connectivity index (χ2n) is 15.2. The fourth-order valence-corrected chi connectivity index (χ4v) is 5.92. The molecule has 1 N–H and O–H groups in total. The van der Waals surface area contributed by atoms with Gasteiger partial charge in [-0.3, -0.25) is 14.2 Å². The Hall–Kier alpha value is -2.33. The van der Waals surface area contributed by atoms with E-state index in [1.165, 1.54) is 25.7 Å². The van der Waals surface area contributed by atoms with E-state index in [1.807, 2.05) is 45.4 Å². The van der Waals surface area contributed by atoms with Gasteiger partial charge >= 0.3 is 11.9 Å². The van der Waals surface area contributed by atoms with Gasteiger partial charge < -0.3 is 33.0 Å². The number of carbonyl (C=O) groups is 2. The van der Waals surface area contributed by atoms with E-state index in [4.69, 9.17) is 18.5 Å². The highest BCUT2D eigenvalue weighted by Gasteiger charge is 2.21. The molecule has 0 radical (unpaired) electrons. The van der Waals surface area contributed by atoms with Crippen molar-refractivity contribution in [1.29, 1.82) is 0 Å². The van der Waals surface area contributed by atoms with Gasteiger partial charge in [0.1, 0.15) is 19.8 Å². The molecule has 0 saturated carbocycles. The fourth-order valence-electron chi connectivity index (χ4n) is 5.19. The quantitative estimate of drug-likeness (QED) is 0.0215. The highest BCUT2D eigenvalue weighted by molar-refractivity contribution is 7.45. The molecule has 0 heterocycles. The van der Waals surface area contributed by atoms with Crippen molar-refractivity contribution in [3.63, 3.8) is 0 Å². The molecule has 11 heteroatoms. The average molecular weight is 796 g/mol. The van der Waals surface area contributed by atoms with Crippen molar-refractivity contribution in [2.45, 2.75) is 161 Å². The SMILES string of the molecule is CCCCCC/C=C\CCCCCCCC(=O)OC[C@H](COP(=O)([O-])OCC[N+](C)(C)C)OC(=O)CCC/C=C\C/C=C\C/C=C\C/C=C\[C@H](O)CCCC. The largest absolute Gasteiger partial charge is 0.756 e. The van der Waals surface area contributed by atoms with E-state index in [0.717, 1.165) is 77.0 Å². The predicted octanol–water partition coefficient (Wildman–Crippen LogP) is 10.0. The molecule has 0 rings (SSSR count). The minimum atomic E-state index is -4.65. The minimum absolute atomic E-state index is 0.0521. The third-order valence-corrected chi connectivity index (χ3v) is 9.55. The van der Waals surface area contributed by atoms with Gasteiger partial charge in [0.2, 0.25) is 0 Å². The second-order valence-corrected chi connectivity index (χ2v) is 16.6. The lowest BCUT2D eigenvalue weighted by Crippen LogP contribution is -2.37. The lowest BCUT2D eigenvalue weighted by molar-refractivity contribution is -0.870. The predicted molar refractivity (Wildman–Crippen MR) is 223 cm³/mol. The molecule has 10 nitrogen and oxygen atoms in total. The summed E-state index contributed by atoms with van der Waals surface area (Å²) in [5.74, 6) is -0.939. The van der Waals surface area contributed by atoms with E-state index in [2.05, 4.69) is 50.3 Å². The number of esters is 2. The van der Waals surface area contributed by atoms with Gasteiger partial charge in [-0.25, -0.2) is 0 Å². The standard InChI is InChI=1S/C44H78NO9P/c1-6-8-10-11-12-13-14-15-19-22-25-28-31-35-43(47)51-39-42(40-53-55(49,50)52-38-37-45(3,4)5)54-44(48)36-32-29-26-23-20-17-16-18-21-24-27-30-34-41(46)33-9-7-2/h13-14,16-17,21,23-24,26,30,34,41-42,46H,6-12,15,18-20,22,25,27-29,31-33,35-40H2,1-5H3/b14-13-,17-16-,24-21-,26-23-,34-30-/t41-,42-/m1/s1. The van der Waals surface area contributed by atoms with Crippen molar-refractivity contribution in [2.24, 2.45) is 0 Å². The topological polar surface area (TPSA) is 131 Å². The normalized spacial score (nSPS) is 14.8. The monoisotopic (exact) mass is 796 g/mol. The summed E-state index contributed by atoms with van der Waals surface area (Å²) in [6.45, 7) is 3.94. The maximum atomic E-state index is 12.6. The molecule has 3 atom stereocenters. The number of hydrogen-bond acceptors (Lipinski definition) is 9. The average Bonchev–Trinajstić information content (AvgIpc) is 3.13. The first-order chi connectivity index (χ1) is 26.4. The van der Waals surface area contributed by atoms with Gasteiger partial charge in [-0.05, 0) is 70.6 Å². The summed E-state index contributed by atoms with van der Waals surface area (Å²) in [7, 11) is 1.09. The summed E-state index contributed by atoms with van der Waals surface area (Å²) < 4.78 is 33.7. The van der Waals surface area contributed by atoms with E-state index >= 15 is 0 Å². The number of quaternary nitrogens is 1. The van der Waals surface area contributed by atoms with E-state index in [9.17, 15) is 24.2 Å². The van der Waals surface area contributed by atoms with Crippen molar-refractivity contribution in [3.8, 4) is 0 Å². The number of carbonyl (C=O) groups excluding carboxylic acids is 2. The van der Waals surface area contributed by atoms with Crippen LogP contribution in [0, 0.1) is 0 Å². The molecule has 0 spiro atoms.